The summed E-state index contributed by atoms with van der Waals surface area (Å²) in [4.78, 5) is 22.6. The Balaban J connectivity index is 1.29. The zero-order chi connectivity index (χ0) is 24.9. The molecule has 1 saturated heterocycles. The van der Waals surface area contributed by atoms with Gasteiger partial charge in [0.15, 0.2) is 0 Å². The van der Waals surface area contributed by atoms with Gasteiger partial charge in [-0.15, -0.1) is 11.3 Å². The lowest BCUT2D eigenvalue weighted by atomic mass is 10.2. The van der Waals surface area contributed by atoms with E-state index in [4.69, 9.17) is 21.6 Å². The topological polar surface area (TPSA) is 60.4 Å². The van der Waals surface area contributed by atoms with Crippen molar-refractivity contribution in [2.45, 2.75) is 19.9 Å². The first-order chi connectivity index (χ1) is 17.5. The van der Waals surface area contributed by atoms with Crippen LogP contribution < -0.4 is 15.1 Å². The highest BCUT2D eigenvalue weighted by molar-refractivity contribution is 7.09. The Morgan fingerprint density at radius 3 is 2.75 bits per heavy atom. The Hall–Kier alpha value is -2.94. The molecule has 1 aliphatic heterocycles. The Kier molecular flexibility index (Phi) is 7.84. The molecule has 188 valence electrons. The number of piperazine rings is 1. The first-order valence-corrected chi connectivity index (χ1v) is 13.7. The number of nitrogens with zero attached hydrogens (tertiary/aromatic N) is 6. The van der Waals surface area contributed by atoms with Crippen molar-refractivity contribution in [2.24, 2.45) is 0 Å². The summed E-state index contributed by atoms with van der Waals surface area (Å²) >= 11 is 7.93. The van der Waals surface area contributed by atoms with Crippen LogP contribution in [0, 0.1) is 6.92 Å². The predicted molar refractivity (Wildman–Crippen MR) is 152 cm³/mol. The second-order valence-electron chi connectivity index (χ2n) is 9.26. The molecule has 4 heterocycles. The number of aryl methyl sites for hydroxylation is 1. The molecule has 9 heteroatoms. The van der Waals surface area contributed by atoms with Crippen molar-refractivity contribution in [1.82, 2.24) is 19.9 Å². The third-order valence-electron chi connectivity index (χ3n) is 6.49. The van der Waals surface area contributed by atoms with Crippen LogP contribution in [-0.4, -0.2) is 66.2 Å². The molecule has 0 spiro atoms. The molecule has 5 rings (SSSR count). The Bertz CT molecular complexity index is 1290. The van der Waals surface area contributed by atoms with Crippen molar-refractivity contribution >= 4 is 51.3 Å². The molecule has 0 radical (unpaired) electrons. The van der Waals surface area contributed by atoms with Gasteiger partial charge in [0.05, 0.1) is 12.1 Å². The molecule has 1 aromatic carbocycles. The minimum Gasteiger partial charge on any atom is -0.384 e. The second kappa shape index (κ2) is 11.4. The number of pyridine rings is 1. The van der Waals surface area contributed by atoms with E-state index in [1.54, 1.807) is 11.3 Å². The van der Waals surface area contributed by atoms with Crippen LogP contribution in [0.4, 0.5) is 17.5 Å². The van der Waals surface area contributed by atoms with Crippen LogP contribution >= 0.6 is 22.9 Å². The van der Waals surface area contributed by atoms with Crippen LogP contribution in [-0.2, 0) is 6.54 Å². The number of nitrogens with one attached hydrogen (secondary N) is 1. The average molecular weight is 522 g/mol. The number of likely N-dealkylation sites (N-methyl/N-ethyl adjacent to an activating group) is 1. The Morgan fingerprint density at radius 1 is 1.08 bits per heavy atom. The summed E-state index contributed by atoms with van der Waals surface area (Å²) in [5.41, 5.74) is 2.99. The lowest BCUT2D eigenvalue weighted by molar-refractivity contribution is 0.311. The van der Waals surface area contributed by atoms with Crippen LogP contribution in [0.15, 0.2) is 54.0 Å². The van der Waals surface area contributed by atoms with E-state index in [0.717, 1.165) is 86.3 Å². The minimum absolute atomic E-state index is 0.701. The van der Waals surface area contributed by atoms with Crippen molar-refractivity contribution < 1.29 is 0 Å². The monoisotopic (exact) mass is 521 g/mol. The Labute approximate surface area is 221 Å². The molecule has 0 atom stereocenters. The van der Waals surface area contributed by atoms with E-state index >= 15 is 0 Å². The zero-order valence-electron chi connectivity index (χ0n) is 20.8. The third-order valence-corrected chi connectivity index (χ3v) is 7.59. The van der Waals surface area contributed by atoms with Gasteiger partial charge in [0.1, 0.15) is 5.82 Å². The largest absolute Gasteiger partial charge is 0.384 e. The van der Waals surface area contributed by atoms with Gasteiger partial charge >= 0.3 is 0 Å². The van der Waals surface area contributed by atoms with E-state index in [2.05, 4.69) is 62.6 Å². The summed E-state index contributed by atoms with van der Waals surface area (Å²) in [6.45, 7) is 8.62. The summed E-state index contributed by atoms with van der Waals surface area (Å²) in [6.07, 6.45) is 2.79. The number of hydrogen-bond acceptors (Lipinski definition) is 8. The summed E-state index contributed by atoms with van der Waals surface area (Å²) < 4.78 is 0. The van der Waals surface area contributed by atoms with Gasteiger partial charge in [-0.3, -0.25) is 4.98 Å². The molecule has 36 heavy (non-hydrogen) atoms. The van der Waals surface area contributed by atoms with Crippen molar-refractivity contribution in [3.63, 3.8) is 0 Å². The van der Waals surface area contributed by atoms with Gasteiger partial charge < -0.3 is 20.0 Å². The maximum Gasteiger partial charge on any atom is 0.227 e. The summed E-state index contributed by atoms with van der Waals surface area (Å²) in [6, 6.07) is 14.3. The fourth-order valence-corrected chi connectivity index (χ4v) is 5.37. The highest BCUT2D eigenvalue weighted by atomic mass is 35.5. The molecule has 1 N–H and O–H groups in total. The standard InChI is InChI=1S/C27H32ClN7S/c1-20-17-26(32-27(31-20)34-14-12-33(2)13-15-34)35(19-22-5-3-16-36-22)11-4-9-29-24-8-10-30-25-18-21(28)6-7-23(24)25/h3,5-8,10,16-18H,4,9,11-15,19H2,1-2H3,(H,29,30). The quantitative estimate of drug-likeness (QED) is 0.299. The van der Waals surface area contributed by atoms with Gasteiger partial charge in [0, 0.05) is 78.2 Å². The average Bonchev–Trinajstić information content (AvgIpc) is 3.39. The molecule has 1 aliphatic rings. The van der Waals surface area contributed by atoms with Crippen LogP contribution in [0.5, 0.6) is 0 Å². The number of fused-ring (bicyclic) bond motifs is 1. The van der Waals surface area contributed by atoms with Gasteiger partial charge in [-0.1, -0.05) is 17.7 Å². The molecule has 1 fully saturated rings. The molecule has 0 aliphatic carbocycles. The summed E-state index contributed by atoms with van der Waals surface area (Å²) in [5, 5.41) is 7.52. The number of anilines is 3. The molecule has 3 aromatic heterocycles. The molecular formula is C27H32ClN7S. The van der Waals surface area contributed by atoms with Crippen molar-refractivity contribution in [2.75, 3.05) is 61.4 Å². The highest BCUT2D eigenvalue weighted by Gasteiger charge is 2.19. The highest BCUT2D eigenvalue weighted by Crippen LogP contribution is 2.25. The molecule has 0 saturated carbocycles. The number of benzene rings is 1. The van der Waals surface area contributed by atoms with Gasteiger partial charge in [-0.2, -0.15) is 4.98 Å². The van der Waals surface area contributed by atoms with E-state index in [0.29, 0.717) is 5.02 Å². The van der Waals surface area contributed by atoms with Crippen LogP contribution in [0.3, 0.4) is 0 Å². The number of thiophene rings is 1. The van der Waals surface area contributed by atoms with E-state index in [1.165, 1.54) is 4.88 Å². The number of aromatic nitrogens is 3. The molecule has 7 nitrogen and oxygen atoms in total. The van der Waals surface area contributed by atoms with Crippen LogP contribution in [0.25, 0.3) is 10.9 Å². The van der Waals surface area contributed by atoms with E-state index in [9.17, 15) is 0 Å². The van der Waals surface area contributed by atoms with E-state index < -0.39 is 0 Å². The molecule has 0 amide bonds. The lowest BCUT2D eigenvalue weighted by Crippen LogP contribution is -2.45. The van der Waals surface area contributed by atoms with E-state index in [1.807, 2.05) is 30.5 Å². The smallest absolute Gasteiger partial charge is 0.227 e. The molecule has 0 unspecified atom stereocenters. The maximum atomic E-state index is 6.15. The number of hydrogen-bond donors (Lipinski definition) is 1. The van der Waals surface area contributed by atoms with Gasteiger partial charge in [-0.05, 0) is 56.1 Å². The van der Waals surface area contributed by atoms with Crippen LogP contribution in [0.1, 0.15) is 17.0 Å². The maximum absolute atomic E-state index is 6.15. The molecule has 4 aromatic rings. The van der Waals surface area contributed by atoms with E-state index in [-0.39, 0.29) is 0 Å². The fraction of sp³-hybridized carbons (Fsp3) is 0.370. The fourth-order valence-electron chi connectivity index (χ4n) is 4.48. The lowest BCUT2D eigenvalue weighted by Gasteiger charge is -2.33. The van der Waals surface area contributed by atoms with Crippen LogP contribution in [0.2, 0.25) is 5.02 Å². The van der Waals surface area contributed by atoms with Gasteiger partial charge in [0.2, 0.25) is 5.95 Å². The number of halogens is 1. The van der Waals surface area contributed by atoms with Gasteiger partial charge in [-0.25, -0.2) is 4.98 Å². The third kappa shape index (κ3) is 6.06. The predicted octanol–water partition coefficient (Wildman–Crippen LogP) is 5.31. The first-order valence-electron chi connectivity index (χ1n) is 12.4. The summed E-state index contributed by atoms with van der Waals surface area (Å²) in [5.74, 6) is 1.84. The van der Waals surface area contributed by atoms with Crippen molar-refractivity contribution in [3.8, 4) is 0 Å². The zero-order valence-corrected chi connectivity index (χ0v) is 22.4. The first kappa shape index (κ1) is 24.7. The van der Waals surface area contributed by atoms with Crippen molar-refractivity contribution in [3.05, 3.63) is 69.6 Å². The second-order valence-corrected chi connectivity index (χ2v) is 10.7. The summed E-state index contributed by atoms with van der Waals surface area (Å²) in [7, 11) is 2.17. The minimum atomic E-state index is 0.701. The SMILES string of the molecule is Cc1cc(N(CCCNc2ccnc3cc(Cl)ccc23)Cc2cccs2)nc(N2CCN(C)CC2)n1. The molecule has 0 bridgehead atoms. The Morgan fingerprint density at radius 2 is 1.94 bits per heavy atom. The van der Waals surface area contributed by atoms with Crippen molar-refractivity contribution in [1.29, 1.82) is 0 Å². The normalized spacial score (nSPS) is 14.4. The molecular weight excluding hydrogens is 490 g/mol. The van der Waals surface area contributed by atoms with Gasteiger partial charge in [0.25, 0.3) is 0 Å². The number of rotatable bonds is 9.